The number of hydrogen-bond donors (Lipinski definition) is 1. The Morgan fingerprint density at radius 3 is 2.67 bits per heavy atom. The van der Waals surface area contributed by atoms with Crippen molar-refractivity contribution in [3.63, 3.8) is 0 Å². The van der Waals surface area contributed by atoms with E-state index < -0.39 is 5.97 Å². The minimum Gasteiger partial charge on any atom is -0.478 e. The highest BCUT2D eigenvalue weighted by molar-refractivity contribution is 5.88. The normalized spacial score (nSPS) is 16.1. The molecule has 1 aromatic rings. The summed E-state index contributed by atoms with van der Waals surface area (Å²) in [6.07, 6.45) is 1.40. The molecule has 6 nitrogen and oxygen atoms in total. The Kier molecular flexibility index (Phi) is 3.76. The molecule has 0 spiro atoms. The average Bonchev–Trinajstić information content (AvgIpc) is 2.39. The van der Waals surface area contributed by atoms with Gasteiger partial charge in [0.15, 0.2) is 0 Å². The monoisotopic (exact) mass is 251 g/mol. The van der Waals surface area contributed by atoms with Crippen LogP contribution in [0.2, 0.25) is 0 Å². The van der Waals surface area contributed by atoms with Crippen molar-refractivity contribution >= 4 is 11.9 Å². The summed E-state index contributed by atoms with van der Waals surface area (Å²) in [5.41, 5.74) is 0.765. The van der Waals surface area contributed by atoms with Gasteiger partial charge < -0.3 is 14.7 Å². The summed E-state index contributed by atoms with van der Waals surface area (Å²) in [6, 6.07) is 0. The van der Waals surface area contributed by atoms with Crippen LogP contribution in [0.4, 0.5) is 5.95 Å². The van der Waals surface area contributed by atoms with Gasteiger partial charge in [0, 0.05) is 19.3 Å². The molecule has 0 radical (unpaired) electrons. The van der Waals surface area contributed by atoms with Gasteiger partial charge in [-0.15, -0.1) is 0 Å². The van der Waals surface area contributed by atoms with E-state index in [1.165, 1.54) is 6.20 Å². The third-order valence-electron chi connectivity index (χ3n) is 2.88. The number of rotatable bonds is 3. The van der Waals surface area contributed by atoms with Crippen LogP contribution in [0, 0.1) is 0 Å². The molecule has 18 heavy (non-hydrogen) atoms. The number of carbonyl (C=O) groups is 1. The molecule has 0 saturated carbocycles. The van der Waals surface area contributed by atoms with Gasteiger partial charge in [-0.2, -0.15) is 0 Å². The van der Waals surface area contributed by atoms with Gasteiger partial charge in [0.05, 0.1) is 24.5 Å². The highest BCUT2D eigenvalue weighted by Gasteiger charge is 2.19. The van der Waals surface area contributed by atoms with Crippen LogP contribution in [-0.4, -0.2) is 47.3 Å². The summed E-state index contributed by atoms with van der Waals surface area (Å²) in [5, 5.41) is 9.10. The number of anilines is 1. The van der Waals surface area contributed by atoms with E-state index in [9.17, 15) is 4.79 Å². The Morgan fingerprint density at radius 2 is 2.11 bits per heavy atom. The van der Waals surface area contributed by atoms with Crippen molar-refractivity contribution in [3.05, 3.63) is 17.5 Å². The van der Waals surface area contributed by atoms with E-state index in [4.69, 9.17) is 9.84 Å². The third kappa shape index (κ3) is 2.59. The van der Waals surface area contributed by atoms with Gasteiger partial charge in [-0.1, -0.05) is 13.8 Å². The maximum Gasteiger partial charge on any atom is 0.339 e. The molecule has 2 rings (SSSR count). The van der Waals surface area contributed by atoms with Crippen molar-refractivity contribution in [3.8, 4) is 0 Å². The Bertz CT molecular complexity index is 442. The summed E-state index contributed by atoms with van der Waals surface area (Å²) < 4.78 is 5.27. The quantitative estimate of drug-likeness (QED) is 0.868. The largest absolute Gasteiger partial charge is 0.478 e. The molecule has 1 aromatic heterocycles. The molecule has 0 amide bonds. The summed E-state index contributed by atoms with van der Waals surface area (Å²) in [5.74, 6) is -0.335. The highest BCUT2D eigenvalue weighted by atomic mass is 16.5. The first-order valence-electron chi connectivity index (χ1n) is 6.02. The minimum atomic E-state index is -0.979. The first-order valence-corrected chi connectivity index (χ1v) is 6.02. The average molecular weight is 251 g/mol. The molecule has 6 heteroatoms. The van der Waals surface area contributed by atoms with Crippen LogP contribution in [0.15, 0.2) is 6.20 Å². The molecule has 0 atom stereocenters. The Hall–Kier alpha value is -1.69. The fraction of sp³-hybridized carbons (Fsp3) is 0.583. The second-order valence-electron chi connectivity index (χ2n) is 4.53. The maximum absolute atomic E-state index is 11.1. The molecule has 98 valence electrons. The van der Waals surface area contributed by atoms with Gasteiger partial charge >= 0.3 is 5.97 Å². The first-order chi connectivity index (χ1) is 8.59. The Morgan fingerprint density at radius 1 is 1.44 bits per heavy atom. The zero-order valence-corrected chi connectivity index (χ0v) is 10.6. The topological polar surface area (TPSA) is 75.5 Å². The van der Waals surface area contributed by atoms with Crippen molar-refractivity contribution in [1.29, 1.82) is 0 Å². The first kappa shape index (κ1) is 12.8. The van der Waals surface area contributed by atoms with Crippen LogP contribution in [-0.2, 0) is 4.74 Å². The molecule has 1 saturated heterocycles. The summed E-state index contributed by atoms with van der Waals surface area (Å²) in [4.78, 5) is 21.7. The standard InChI is InChI=1S/C12H17N3O3/c1-8(2)10-9(11(16)17)7-13-12(14-10)15-3-5-18-6-4-15/h7-8H,3-6H2,1-2H3,(H,16,17). The number of aromatic carboxylic acids is 1. The number of carboxylic acid groups (broad SMARTS) is 1. The van der Waals surface area contributed by atoms with Crippen LogP contribution >= 0.6 is 0 Å². The smallest absolute Gasteiger partial charge is 0.339 e. The van der Waals surface area contributed by atoms with E-state index in [0.29, 0.717) is 24.9 Å². The molecule has 0 unspecified atom stereocenters. The fourth-order valence-corrected chi connectivity index (χ4v) is 1.91. The lowest BCUT2D eigenvalue weighted by atomic mass is 10.1. The van der Waals surface area contributed by atoms with E-state index >= 15 is 0 Å². The second kappa shape index (κ2) is 5.30. The lowest BCUT2D eigenvalue weighted by Gasteiger charge is -2.27. The number of nitrogens with zero attached hydrogens (tertiary/aromatic N) is 3. The van der Waals surface area contributed by atoms with Crippen LogP contribution in [0.3, 0.4) is 0 Å². The Balaban J connectivity index is 2.33. The zero-order chi connectivity index (χ0) is 13.1. The molecule has 1 aliphatic rings. The van der Waals surface area contributed by atoms with E-state index in [1.807, 2.05) is 18.7 Å². The Labute approximate surface area is 106 Å². The van der Waals surface area contributed by atoms with Crippen molar-refractivity contribution in [1.82, 2.24) is 9.97 Å². The molecule has 0 aliphatic carbocycles. The van der Waals surface area contributed by atoms with Crippen molar-refractivity contribution in [2.75, 3.05) is 31.2 Å². The van der Waals surface area contributed by atoms with E-state index in [1.54, 1.807) is 0 Å². The van der Waals surface area contributed by atoms with Crippen LogP contribution in [0.5, 0.6) is 0 Å². The van der Waals surface area contributed by atoms with Crippen molar-refractivity contribution < 1.29 is 14.6 Å². The van der Waals surface area contributed by atoms with Gasteiger partial charge in [-0.3, -0.25) is 0 Å². The second-order valence-corrected chi connectivity index (χ2v) is 4.53. The molecule has 0 bridgehead atoms. The number of hydrogen-bond acceptors (Lipinski definition) is 5. The number of carboxylic acids is 1. The fourth-order valence-electron chi connectivity index (χ4n) is 1.91. The molecule has 1 N–H and O–H groups in total. The van der Waals surface area contributed by atoms with Gasteiger partial charge in [-0.05, 0) is 5.92 Å². The molecule has 2 heterocycles. The number of ether oxygens (including phenoxy) is 1. The SMILES string of the molecule is CC(C)c1nc(N2CCOCC2)ncc1C(=O)O. The van der Waals surface area contributed by atoms with Crippen LogP contribution in [0.25, 0.3) is 0 Å². The molecular formula is C12H17N3O3. The number of aromatic nitrogens is 2. The van der Waals surface area contributed by atoms with E-state index in [0.717, 1.165) is 13.1 Å². The van der Waals surface area contributed by atoms with Crippen LogP contribution in [0.1, 0.15) is 35.8 Å². The summed E-state index contributed by atoms with van der Waals surface area (Å²) in [7, 11) is 0. The molecule has 1 fully saturated rings. The van der Waals surface area contributed by atoms with Gasteiger partial charge in [0.2, 0.25) is 5.95 Å². The van der Waals surface area contributed by atoms with Gasteiger partial charge in [0.25, 0.3) is 0 Å². The molecule has 0 aromatic carbocycles. The van der Waals surface area contributed by atoms with E-state index in [-0.39, 0.29) is 11.5 Å². The number of morpholine rings is 1. The lowest BCUT2D eigenvalue weighted by molar-refractivity contribution is 0.0694. The minimum absolute atomic E-state index is 0.0545. The van der Waals surface area contributed by atoms with Crippen molar-refractivity contribution in [2.45, 2.75) is 19.8 Å². The maximum atomic E-state index is 11.1. The summed E-state index contributed by atoms with van der Waals surface area (Å²) >= 11 is 0. The van der Waals surface area contributed by atoms with Crippen molar-refractivity contribution in [2.24, 2.45) is 0 Å². The van der Waals surface area contributed by atoms with Crippen LogP contribution < -0.4 is 4.90 Å². The van der Waals surface area contributed by atoms with Gasteiger partial charge in [-0.25, -0.2) is 14.8 Å². The van der Waals surface area contributed by atoms with E-state index in [2.05, 4.69) is 9.97 Å². The summed E-state index contributed by atoms with van der Waals surface area (Å²) in [6.45, 7) is 6.64. The van der Waals surface area contributed by atoms with Gasteiger partial charge in [0.1, 0.15) is 0 Å². The predicted octanol–water partition coefficient (Wildman–Crippen LogP) is 1.13. The lowest BCUT2D eigenvalue weighted by Crippen LogP contribution is -2.37. The highest BCUT2D eigenvalue weighted by Crippen LogP contribution is 2.20. The third-order valence-corrected chi connectivity index (χ3v) is 2.88. The predicted molar refractivity (Wildman–Crippen MR) is 66.1 cm³/mol. The molecule has 1 aliphatic heterocycles. The molecular weight excluding hydrogens is 234 g/mol. The zero-order valence-electron chi connectivity index (χ0n) is 10.6.